The van der Waals surface area contributed by atoms with Crippen LogP contribution in [-0.4, -0.2) is 24.8 Å². The normalized spacial score (nSPS) is 11.4. The van der Waals surface area contributed by atoms with Gasteiger partial charge in [0.2, 0.25) is 0 Å². The van der Waals surface area contributed by atoms with E-state index in [1.165, 1.54) is 7.11 Å². The minimum Gasteiger partial charge on any atom is -0.489 e. The molecule has 0 unspecified atom stereocenters. The number of hydrogen-bond donors (Lipinski definition) is 0. The fourth-order valence-electron chi connectivity index (χ4n) is 3.18. The molecule has 1 heterocycles. The van der Waals surface area contributed by atoms with E-state index >= 15 is 0 Å². The molecule has 31 heavy (non-hydrogen) atoms. The maximum atomic E-state index is 11.3. The first-order valence-electron chi connectivity index (χ1n) is 10.1. The first-order valence-corrected chi connectivity index (χ1v) is 10.9. The standard InChI is InChI=1S/C25H26BrNO4/c1-17(8-13-24(28)29-3)14-15-30-23-7-5-4-6-20(23)16-22-18(2)27-31-25(22)19-9-11-21(26)12-10-19/h4-7,9-12,14H,8,13,15-16H2,1-3H3. The van der Waals surface area contributed by atoms with E-state index < -0.39 is 0 Å². The van der Waals surface area contributed by atoms with Gasteiger partial charge in [0.15, 0.2) is 5.76 Å². The maximum absolute atomic E-state index is 11.3. The van der Waals surface area contributed by atoms with Crippen LogP contribution in [0.1, 0.15) is 36.6 Å². The van der Waals surface area contributed by atoms with Crippen LogP contribution in [0.2, 0.25) is 0 Å². The Hall–Kier alpha value is -2.86. The highest BCUT2D eigenvalue weighted by molar-refractivity contribution is 9.10. The first kappa shape index (κ1) is 22.8. The second-order valence-corrected chi connectivity index (χ2v) is 8.22. The average Bonchev–Trinajstić information content (AvgIpc) is 3.14. The fraction of sp³-hybridized carbons (Fsp3) is 0.280. The molecule has 0 aliphatic rings. The van der Waals surface area contributed by atoms with Gasteiger partial charge in [0.05, 0.1) is 12.8 Å². The van der Waals surface area contributed by atoms with Crippen molar-refractivity contribution in [3.05, 3.63) is 81.5 Å². The van der Waals surface area contributed by atoms with Crippen molar-refractivity contribution >= 4 is 21.9 Å². The lowest BCUT2D eigenvalue weighted by atomic mass is 9.99. The van der Waals surface area contributed by atoms with Gasteiger partial charge in [-0.25, -0.2) is 0 Å². The number of aromatic nitrogens is 1. The van der Waals surface area contributed by atoms with Gasteiger partial charge in [-0.2, -0.15) is 0 Å². The number of carbonyl (C=O) groups excluding carboxylic acids is 1. The summed E-state index contributed by atoms with van der Waals surface area (Å²) in [6.07, 6.45) is 3.69. The summed E-state index contributed by atoms with van der Waals surface area (Å²) in [7, 11) is 1.40. The van der Waals surface area contributed by atoms with Crippen molar-refractivity contribution in [3.63, 3.8) is 0 Å². The Kier molecular flexibility index (Phi) is 8.06. The third kappa shape index (κ3) is 6.31. The molecular formula is C25H26BrNO4. The largest absolute Gasteiger partial charge is 0.489 e. The predicted molar refractivity (Wildman–Crippen MR) is 124 cm³/mol. The van der Waals surface area contributed by atoms with Crippen LogP contribution in [0.4, 0.5) is 0 Å². The fourth-order valence-corrected chi connectivity index (χ4v) is 3.45. The minimum absolute atomic E-state index is 0.204. The highest BCUT2D eigenvalue weighted by atomic mass is 79.9. The molecule has 0 amide bonds. The van der Waals surface area contributed by atoms with E-state index in [0.29, 0.717) is 25.9 Å². The van der Waals surface area contributed by atoms with E-state index in [1.54, 1.807) is 0 Å². The van der Waals surface area contributed by atoms with Gasteiger partial charge in [-0.05, 0) is 50.1 Å². The molecule has 3 aromatic rings. The van der Waals surface area contributed by atoms with Gasteiger partial charge < -0.3 is 14.0 Å². The number of para-hydroxylation sites is 1. The van der Waals surface area contributed by atoms with Crippen LogP contribution in [0.3, 0.4) is 0 Å². The van der Waals surface area contributed by atoms with Gasteiger partial charge in [-0.3, -0.25) is 4.79 Å². The van der Waals surface area contributed by atoms with Crippen LogP contribution in [-0.2, 0) is 16.0 Å². The van der Waals surface area contributed by atoms with Crippen molar-refractivity contribution in [2.24, 2.45) is 0 Å². The summed E-state index contributed by atoms with van der Waals surface area (Å²) in [5.41, 5.74) is 5.05. The molecule has 5 nitrogen and oxygen atoms in total. The molecule has 0 radical (unpaired) electrons. The van der Waals surface area contributed by atoms with E-state index in [-0.39, 0.29) is 5.97 Å². The van der Waals surface area contributed by atoms with Crippen molar-refractivity contribution in [2.75, 3.05) is 13.7 Å². The van der Waals surface area contributed by atoms with Gasteiger partial charge in [0.25, 0.3) is 0 Å². The lowest BCUT2D eigenvalue weighted by Crippen LogP contribution is -2.02. The lowest BCUT2D eigenvalue weighted by Gasteiger charge is -2.11. The number of ether oxygens (including phenoxy) is 2. The van der Waals surface area contributed by atoms with Gasteiger partial charge >= 0.3 is 5.97 Å². The van der Waals surface area contributed by atoms with Crippen molar-refractivity contribution in [2.45, 2.75) is 33.1 Å². The van der Waals surface area contributed by atoms with Crippen molar-refractivity contribution in [1.82, 2.24) is 5.16 Å². The number of esters is 1. The van der Waals surface area contributed by atoms with Crippen LogP contribution in [0.5, 0.6) is 5.75 Å². The van der Waals surface area contributed by atoms with Gasteiger partial charge in [-0.1, -0.05) is 57.0 Å². The minimum atomic E-state index is -0.204. The molecule has 2 aromatic carbocycles. The molecule has 0 spiro atoms. The molecule has 6 heteroatoms. The Morgan fingerprint density at radius 3 is 2.61 bits per heavy atom. The Balaban J connectivity index is 1.73. The maximum Gasteiger partial charge on any atom is 0.305 e. The highest BCUT2D eigenvalue weighted by Crippen LogP contribution is 2.31. The Morgan fingerprint density at radius 1 is 1.13 bits per heavy atom. The number of halogens is 1. The van der Waals surface area contributed by atoms with E-state index in [0.717, 1.165) is 43.9 Å². The molecule has 0 aliphatic heterocycles. The molecule has 3 rings (SSSR count). The van der Waals surface area contributed by atoms with Crippen molar-refractivity contribution < 1.29 is 18.8 Å². The molecule has 1 aromatic heterocycles. The summed E-state index contributed by atoms with van der Waals surface area (Å²) in [5.74, 6) is 1.39. The topological polar surface area (TPSA) is 61.6 Å². The van der Waals surface area contributed by atoms with Crippen molar-refractivity contribution in [3.8, 4) is 17.1 Å². The van der Waals surface area contributed by atoms with E-state index in [4.69, 9.17) is 9.26 Å². The second-order valence-electron chi connectivity index (χ2n) is 7.30. The summed E-state index contributed by atoms with van der Waals surface area (Å²) in [4.78, 5) is 11.3. The van der Waals surface area contributed by atoms with E-state index in [9.17, 15) is 4.79 Å². The number of aryl methyl sites for hydroxylation is 1. The average molecular weight is 484 g/mol. The molecule has 0 atom stereocenters. The second kappa shape index (κ2) is 11.0. The van der Waals surface area contributed by atoms with Gasteiger partial charge in [-0.15, -0.1) is 0 Å². The van der Waals surface area contributed by atoms with Crippen LogP contribution in [0.25, 0.3) is 11.3 Å². The number of allylic oxidation sites excluding steroid dienone is 1. The van der Waals surface area contributed by atoms with Crippen molar-refractivity contribution in [1.29, 1.82) is 0 Å². The zero-order valence-electron chi connectivity index (χ0n) is 18.0. The number of methoxy groups -OCH3 is 1. The van der Waals surface area contributed by atoms with Gasteiger partial charge in [0, 0.05) is 28.4 Å². The third-order valence-electron chi connectivity index (χ3n) is 5.05. The number of carbonyl (C=O) groups is 1. The van der Waals surface area contributed by atoms with E-state index in [2.05, 4.69) is 31.9 Å². The molecule has 0 bridgehead atoms. The molecule has 0 saturated heterocycles. The SMILES string of the molecule is COC(=O)CCC(C)=CCOc1ccccc1Cc1c(C)noc1-c1ccc(Br)cc1. The first-order chi connectivity index (χ1) is 15.0. The summed E-state index contributed by atoms with van der Waals surface area (Å²) in [6.45, 7) is 4.38. The number of benzene rings is 2. The molecule has 0 aliphatic carbocycles. The number of nitrogens with zero attached hydrogens (tertiary/aromatic N) is 1. The van der Waals surface area contributed by atoms with Crippen LogP contribution in [0, 0.1) is 6.92 Å². The zero-order chi connectivity index (χ0) is 22.2. The highest BCUT2D eigenvalue weighted by Gasteiger charge is 2.17. The monoisotopic (exact) mass is 483 g/mol. The van der Waals surface area contributed by atoms with Gasteiger partial charge in [0.1, 0.15) is 12.4 Å². The molecule has 162 valence electrons. The van der Waals surface area contributed by atoms with Crippen LogP contribution >= 0.6 is 15.9 Å². The predicted octanol–water partition coefficient (Wildman–Crippen LogP) is 6.28. The molecule has 0 N–H and O–H groups in total. The molecular weight excluding hydrogens is 458 g/mol. The number of hydrogen-bond acceptors (Lipinski definition) is 5. The summed E-state index contributed by atoms with van der Waals surface area (Å²) < 4.78 is 17.4. The molecule has 0 fully saturated rings. The summed E-state index contributed by atoms with van der Waals surface area (Å²) in [6, 6.07) is 16.0. The quantitative estimate of drug-likeness (QED) is 0.264. The Bertz CT molecular complexity index is 1050. The lowest BCUT2D eigenvalue weighted by molar-refractivity contribution is -0.140. The number of rotatable bonds is 9. The Labute approximate surface area is 191 Å². The zero-order valence-corrected chi connectivity index (χ0v) is 19.6. The van der Waals surface area contributed by atoms with Crippen LogP contribution in [0.15, 0.2) is 69.2 Å². The van der Waals surface area contributed by atoms with Crippen LogP contribution < -0.4 is 4.74 Å². The summed E-state index contributed by atoms with van der Waals surface area (Å²) in [5, 5.41) is 4.19. The summed E-state index contributed by atoms with van der Waals surface area (Å²) >= 11 is 3.47. The smallest absolute Gasteiger partial charge is 0.305 e. The molecule has 0 saturated carbocycles. The third-order valence-corrected chi connectivity index (χ3v) is 5.58. The van der Waals surface area contributed by atoms with E-state index in [1.807, 2.05) is 62.4 Å². The Morgan fingerprint density at radius 2 is 1.87 bits per heavy atom.